The van der Waals surface area contributed by atoms with E-state index >= 15 is 0 Å². The van der Waals surface area contributed by atoms with E-state index in [0.717, 1.165) is 50.9 Å². The van der Waals surface area contributed by atoms with Crippen LogP contribution in [0.3, 0.4) is 0 Å². The van der Waals surface area contributed by atoms with Crippen molar-refractivity contribution in [3.8, 4) is 0 Å². The number of likely N-dealkylation sites (tertiary alicyclic amines) is 1. The molecule has 1 spiro atoms. The summed E-state index contributed by atoms with van der Waals surface area (Å²) in [5, 5.41) is 0. The fraction of sp³-hybridized carbons (Fsp3) is 0.731. The number of piperidine rings is 1. The quantitative estimate of drug-likeness (QED) is 0.493. The number of halogens is 3. The number of amides is 1. The lowest BCUT2D eigenvalue weighted by atomic mass is 9.63. The molecule has 3 nitrogen and oxygen atoms in total. The van der Waals surface area contributed by atoms with Crippen molar-refractivity contribution in [2.24, 2.45) is 5.41 Å². The highest BCUT2D eigenvalue weighted by molar-refractivity contribution is 5.77. The van der Waals surface area contributed by atoms with Gasteiger partial charge in [0, 0.05) is 13.0 Å². The Balaban J connectivity index is 1.74. The van der Waals surface area contributed by atoms with Crippen LogP contribution < -0.4 is 0 Å². The minimum absolute atomic E-state index is 0.124. The van der Waals surface area contributed by atoms with Crippen molar-refractivity contribution in [2.45, 2.75) is 90.3 Å². The Hall–Kier alpha value is -1.56. The average Bonchev–Trinajstić information content (AvgIpc) is 2.73. The topological polar surface area (TPSA) is 23.6 Å². The van der Waals surface area contributed by atoms with E-state index < -0.39 is 24.9 Å². The second-order valence-corrected chi connectivity index (χ2v) is 10.9. The Morgan fingerprint density at radius 1 is 1.09 bits per heavy atom. The van der Waals surface area contributed by atoms with Gasteiger partial charge >= 0.3 is 6.18 Å². The first kappa shape index (κ1) is 25.1. The zero-order valence-corrected chi connectivity index (χ0v) is 20.1. The summed E-state index contributed by atoms with van der Waals surface area (Å²) in [7, 11) is 0. The SMILES string of the molecule is CCN(C(=O)CCC(F)(F)F)[C@H]1CCC2(CCN(CCC(C)(C)C)CC2)c2ccccc21. The highest BCUT2D eigenvalue weighted by atomic mass is 19.4. The Morgan fingerprint density at radius 2 is 1.75 bits per heavy atom. The molecule has 0 N–H and O–H groups in total. The zero-order chi connectivity index (χ0) is 23.6. The molecule has 1 aliphatic heterocycles. The van der Waals surface area contributed by atoms with Gasteiger partial charge in [-0.15, -0.1) is 0 Å². The lowest BCUT2D eigenvalue weighted by Gasteiger charge is -2.49. The van der Waals surface area contributed by atoms with Crippen LogP contribution in [0.15, 0.2) is 24.3 Å². The van der Waals surface area contributed by atoms with E-state index in [-0.39, 0.29) is 11.5 Å². The van der Waals surface area contributed by atoms with Crippen LogP contribution in [0.25, 0.3) is 0 Å². The van der Waals surface area contributed by atoms with Gasteiger partial charge in [-0.1, -0.05) is 45.0 Å². The highest BCUT2D eigenvalue weighted by Crippen LogP contribution is 2.49. The summed E-state index contributed by atoms with van der Waals surface area (Å²) in [5.74, 6) is -0.391. The third-order valence-electron chi connectivity index (χ3n) is 7.44. The Kier molecular flexibility index (Phi) is 7.63. The Labute approximate surface area is 191 Å². The number of hydrogen-bond donors (Lipinski definition) is 0. The molecule has 1 amide bonds. The molecular formula is C26H39F3N2O. The maximum Gasteiger partial charge on any atom is 0.389 e. The molecule has 0 unspecified atom stereocenters. The van der Waals surface area contributed by atoms with Gasteiger partial charge in [-0.3, -0.25) is 4.79 Å². The van der Waals surface area contributed by atoms with E-state index in [1.807, 2.05) is 13.0 Å². The van der Waals surface area contributed by atoms with Crippen LogP contribution in [0.1, 0.15) is 89.8 Å². The van der Waals surface area contributed by atoms with E-state index in [1.165, 1.54) is 12.0 Å². The zero-order valence-electron chi connectivity index (χ0n) is 20.1. The van der Waals surface area contributed by atoms with Crippen LogP contribution in [0.2, 0.25) is 0 Å². The average molecular weight is 453 g/mol. The summed E-state index contributed by atoms with van der Waals surface area (Å²) >= 11 is 0. The number of hydrogen-bond acceptors (Lipinski definition) is 2. The number of fused-ring (bicyclic) bond motifs is 2. The second-order valence-electron chi connectivity index (χ2n) is 10.9. The molecule has 1 heterocycles. The Morgan fingerprint density at radius 3 is 2.34 bits per heavy atom. The molecule has 1 fully saturated rings. The largest absolute Gasteiger partial charge is 0.389 e. The molecule has 180 valence electrons. The first-order valence-electron chi connectivity index (χ1n) is 12.1. The number of benzene rings is 1. The first-order valence-corrected chi connectivity index (χ1v) is 12.1. The van der Waals surface area contributed by atoms with Crippen LogP contribution in [-0.4, -0.2) is 48.1 Å². The molecule has 1 aromatic rings. The van der Waals surface area contributed by atoms with E-state index in [1.54, 1.807) is 4.90 Å². The summed E-state index contributed by atoms with van der Waals surface area (Å²) in [6.07, 6.45) is -0.608. The minimum atomic E-state index is -4.30. The molecule has 0 saturated carbocycles. The van der Waals surface area contributed by atoms with Crippen molar-refractivity contribution >= 4 is 5.91 Å². The van der Waals surface area contributed by atoms with E-state index in [4.69, 9.17) is 0 Å². The van der Waals surface area contributed by atoms with Gasteiger partial charge in [-0.05, 0) is 80.6 Å². The standard InChI is InChI=1S/C26H39F3N2O/c1-5-31(23(32)11-13-26(27,28)29)22-10-12-25(21-9-7-6-8-20(21)22)15-18-30(19-16-25)17-14-24(2,3)4/h6-9,22H,5,10-19H2,1-4H3/t22-/m0/s1. The first-order chi connectivity index (χ1) is 14.9. The molecule has 1 saturated heterocycles. The van der Waals surface area contributed by atoms with E-state index in [0.29, 0.717) is 12.0 Å². The van der Waals surface area contributed by atoms with Crippen LogP contribution in [0.5, 0.6) is 0 Å². The molecule has 32 heavy (non-hydrogen) atoms. The number of rotatable bonds is 6. The molecule has 0 aromatic heterocycles. The number of alkyl halides is 3. The van der Waals surface area contributed by atoms with Gasteiger partial charge in [0.1, 0.15) is 0 Å². The third kappa shape index (κ3) is 6.06. The van der Waals surface area contributed by atoms with Gasteiger partial charge < -0.3 is 9.80 Å². The molecule has 1 atom stereocenters. The minimum Gasteiger partial charge on any atom is -0.336 e. The van der Waals surface area contributed by atoms with Crippen molar-refractivity contribution in [3.05, 3.63) is 35.4 Å². The van der Waals surface area contributed by atoms with Gasteiger partial charge in [0.15, 0.2) is 0 Å². The van der Waals surface area contributed by atoms with Crippen LogP contribution in [0, 0.1) is 5.41 Å². The predicted octanol–water partition coefficient (Wildman–Crippen LogP) is 6.48. The molecule has 1 aromatic carbocycles. The van der Waals surface area contributed by atoms with Gasteiger partial charge in [-0.25, -0.2) is 0 Å². The lowest BCUT2D eigenvalue weighted by Crippen LogP contribution is -2.47. The fourth-order valence-corrected chi connectivity index (χ4v) is 5.48. The maximum absolute atomic E-state index is 12.7. The normalized spacial score (nSPS) is 21.4. The van der Waals surface area contributed by atoms with Crippen LogP contribution >= 0.6 is 0 Å². The van der Waals surface area contributed by atoms with Gasteiger partial charge in [-0.2, -0.15) is 13.2 Å². The van der Waals surface area contributed by atoms with Crippen LogP contribution in [-0.2, 0) is 10.2 Å². The summed E-state index contributed by atoms with van der Waals surface area (Å²) in [6.45, 7) is 12.4. The monoisotopic (exact) mass is 452 g/mol. The van der Waals surface area contributed by atoms with Gasteiger partial charge in [0.2, 0.25) is 5.91 Å². The van der Waals surface area contributed by atoms with Crippen molar-refractivity contribution < 1.29 is 18.0 Å². The molecule has 3 rings (SSSR count). The van der Waals surface area contributed by atoms with Crippen molar-refractivity contribution in [1.82, 2.24) is 9.80 Å². The Bertz CT molecular complexity index is 776. The van der Waals surface area contributed by atoms with Gasteiger partial charge in [0.25, 0.3) is 0 Å². The summed E-state index contributed by atoms with van der Waals surface area (Å²) < 4.78 is 38.0. The van der Waals surface area contributed by atoms with Crippen molar-refractivity contribution in [1.29, 1.82) is 0 Å². The lowest BCUT2D eigenvalue weighted by molar-refractivity contribution is -0.150. The maximum atomic E-state index is 12.7. The molecule has 0 radical (unpaired) electrons. The molecular weight excluding hydrogens is 413 g/mol. The second kappa shape index (κ2) is 9.74. The predicted molar refractivity (Wildman–Crippen MR) is 123 cm³/mol. The summed E-state index contributed by atoms with van der Waals surface area (Å²) in [4.78, 5) is 17.0. The van der Waals surface area contributed by atoms with E-state index in [2.05, 4.69) is 43.9 Å². The highest BCUT2D eigenvalue weighted by Gasteiger charge is 2.43. The van der Waals surface area contributed by atoms with Crippen molar-refractivity contribution in [3.63, 3.8) is 0 Å². The number of carbonyl (C=O) groups is 1. The summed E-state index contributed by atoms with van der Waals surface area (Å²) in [5.41, 5.74) is 2.92. The summed E-state index contributed by atoms with van der Waals surface area (Å²) in [6, 6.07) is 8.22. The van der Waals surface area contributed by atoms with Crippen LogP contribution in [0.4, 0.5) is 13.2 Å². The third-order valence-corrected chi connectivity index (χ3v) is 7.44. The number of carbonyl (C=O) groups excluding carboxylic acids is 1. The molecule has 6 heteroatoms. The number of nitrogens with zero attached hydrogens (tertiary/aromatic N) is 2. The fourth-order valence-electron chi connectivity index (χ4n) is 5.48. The van der Waals surface area contributed by atoms with Gasteiger partial charge in [0.05, 0.1) is 12.5 Å². The molecule has 2 aliphatic rings. The van der Waals surface area contributed by atoms with Crippen molar-refractivity contribution in [2.75, 3.05) is 26.2 Å². The smallest absolute Gasteiger partial charge is 0.336 e. The molecule has 1 aliphatic carbocycles. The van der Waals surface area contributed by atoms with E-state index in [9.17, 15) is 18.0 Å². The molecule has 0 bridgehead atoms.